The summed E-state index contributed by atoms with van der Waals surface area (Å²) in [5.74, 6) is 1.21. The summed E-state index contributed by atoms with van der Waals surface area (Å²) in [7, 11) is -1.22. The van der Waals surface area contributed by atoms with Crippen molar-refractivity contribution >= 4 is 60.1 Å². The highest BCUT2D eigenvalue weighted by molar-refractivity contribution is 7.88. The highest BCUT2D eigenvalue weighted by Crippen LogP contribution is 2.30. The number of anilines is 4. The van der Waals surface area contributed by atoms with Crippen LogP contribution in [0.5, 0.6) is 0 Å². The molecule has 5 rings (SSSR count). The lowest BCUT2D eigenvalue weighted by molar-refractivity contribution is -0.126. The summed E-state index contributed by atoms with van der Waals surface area (Å²) >= 11 is 1.45. The van der Waals surface area contributed by atoms with Gasteiger partial charge in [-0.3, -0.25) is 4.79 Å². The Bertz CT molecular complexity index is 1580. The summed E-state index contributed by atoms with van der Waals surface area (Å²) in [4.78, 5) is 29.4. The fourth-order valence-corrected chi connectivity index (χ4v) is 6.21. The van der Waals surface area contributed by atoms with Crippen molar-refractivity contribution in [2.75, 3.05) is 36.6 Å². The zero-order chi connectivity index (χ0) is 27.6. The lowest BCUT2D eigenvalue weighted by Gasteiger charge is -2.29. The number of aryl methyl sites for hydroxylation is 1. The van der Waals surface area contributed by atoms with Gasteiger partial charge in [-0.2, -0.15) is 0 Å². The highest BCUT2D eigenvalue weighted by Gasteiger charge is 2.28. The molecule has 0 unspecified atom stereocenters. The van der Waals surface area contributed by atoms with E-state index >= 15 is 0 Å². The Kier molecular flexibility index (Phi) is 7.78. The van der Waals surface area contributed by atoms with E-state index in [1.54, 1.807) is 6.20 Å². The third-order valence-corrected chi connectivity index (χ3v) is 9.01. The summed E-state index contributed by atoms with van der Waals surface area (Å²) in [5, 5.41) is 6.92. The predicted octanol–water partition coefficient (Wildman–Crippen LogP) is 4.19. The molecule has 0 radical (unpaired) electrons. The molecule has 3 aromatic heterocycles. The molecule has 0 spiro atoms. The van der Waals surface area contributed by atoms with Gasteiger partial charge in [-0.25, -0.2) is 27.7 Å². The number of nitrogens with one attached hydrogen (secondary N) is 2. The van der Waals surface area contributed by atoms with Crippen LogP contribution in [0.1, 0.15) is 24.0 Å². The Morgan fingerprint density at radius 3 is 2.56 bits per heavy atom. The van der Waals surface area contributed by atoms with E-state index in [1.807, 2.05) is 36.2 Å². The number of carbonyl (C=O) groups is 1. The number of benzene rings is 1. The van der Waals surface area contributed by atoms with E-state index < -0.39 is 10.0 Å². The molecule has 204 valence electrons. The molecule has 0 bridgehead atoms. The Morgan fingerprint density at radius 1 is 1.10 bits per heavy atom. The first-order valence-corrected chi connectivity index (χ1v) is 15.3. The minimum Gasteiger partial charge on any atom is -0.352 e. The summed E-state index contributed by atoms with van der Waals surface area (Å²) < 4.78 is 24.8. The molecule has 1 saturated heterocycles. The Balaban J connectivity index is 1.20. The molecule has 0 saturated carbocycles. The number of hydrogen-bond donors (Lipinski definition) is 2. The van der Waals surface area contributed by atoms with Crippen molar-refractivity contribution in [3.63, 3.8) is 0 Å². The standard InChI is InChI=1S/C27H31N7O3S2/c1-18-4-6-21(7-5-18)33(2)24-9-8-22-26(32-24)38-27(30-22)31-23-16-19(10-13-28-23)17-29-25(35)20-11-14-34(15-12-20)39(3,36)37/h4-10,13,16,20H,11-12,14-15,17H2,1-3H3,(H,29,35)(H,28,30,31). The highest BCUT2D eigenvalue weighted by atomic mass is 32.2. The van der Waals surface area contributed by atoms with Gasteiger partial charge in [0.1, 0.15) is 22.0 Å². The quantitative estimate of drug-likeness (QED) is 0.326. The molecule has 1 fully saturated rings. The normalized spacial score (nSPS) is 14.8. The average molecular weight is 566 g/mol. The fraction of sp³-hybridized carbons (Fsp3) is 0.333. The van der Waals surface area contributed by atoms with Crippen molar-refractivity contribution < 1.29 is 13.2 Å². The zero-order valence-electron chi connectivity index (χ0n) is 22.1. The summed E-state index contributed by atoms with van der Waals surface area (Å²) in [6.07, 6.45) is 3.94. The molecule has 0 aliphatic carbocycles. The minimum absolute atomic E-state index is 0.0573. The number of rotatable bonds is 8. The van der Waals surface area contributed by atoms with Gasteiger partial charge in [-0.15, -0.1) is 0 Å². The summed E-state index contributed by atoms with van der Waals surface area (Å²) in [5.41, 5.74) is 3.97. The lowest BCUT2D eigenvalue weighted by Crippen LogP contribution is -2.42. The van der Waals surface area contributed by atoms with Crippen LogP contribution in [0.2, 0.25) is 0 Å². The van der Waals surface area contributed by atoms with Crippen LogP contribution < -0.4 is 15.5 Å². The van der Waals surface area contributed by atoms with Gasteiger partial charge < -0.3 is 15.5 Å². The van der Waals surface area contributed by atoms with Crippen LogP contribution in [-0.4, -0.2) is 60.0 Å². The van der Waals surface area contributed by atoms with E-state index in [4.69, 9.17) is 4.98 Å². The number of nitrogens with zero attached hydrogens (tertiary/aromatic N) is 5. The maximum Gasteiger partial charge on any atom is 0.223 e. The number of hydrogen-bond acceptors (Lipinski definition) is 9. The fourth-order valence-electron chi connectivity index (χ4n) is 4.49. The van der Waals surface area contributed by atoms with E-state index in [0.29, 0.717) is 43.4 Å². The van der Waals surface area contributed by atoms with Gasteiger partial charge in [-0.1, -0.05) is 29.0 Å². The number of pyridine rings is 2. The van der Waals surface area contributed by atoms with E-state index in [9.17, 15) is 13.2 Å². The molecule has 12 heteroatoms. The number of thiazole rings is 1. The predicted molar refractivity (Wildman–Crippen MR) is 155 cm³/mol. The maximum atomic E-state index is 12.7. The van der Waals surface area contributed by atoms with E-state index in [1.165, 1.54) is 27.5 Å². The molecular formula is C27H31N7O3S2. The Labute approximate surface area is 232 Å². The van der Waals surface area contributed by atoms with Gasteiger partial charge in [0, 0.05) is 44.5 Å². The number of piperidine rings is 1. The molecule has 10 nitrogen and oxygen atoms in total. The number of carbonyl (C=O) groups excluding carboxylic acids is 1. The SMILES string of the molecule is Cc1ccc(N(C)c2ccc3nc(Nc4cc(CNC(=O)C5CCN(S(C)(=O)=O)CC5)ccn4)sc3n2)cc1. The number of fused-ring (bicyclic) bond motifs is 1. The largest absolute Gasteiger partial charge is 0.352 e. The summed E-state index contributed by atoms with van der Waals surface area (Å²) in [6, 6.07) is 16.0. The summed E-state index contributed by atoms with van der Waals surface area (Å²) in [6.45, 7) is 3.18. The lowest BCUT2D eigenvalue weighted by atomic mass is 9.97. The topological polar surface area (TPSA) is 120 Å². The second-order valence-corrected chi connectivity index (χ2v) is 12.7. The van der Waals surface area contributed by atoms with Crippen LogP contribution in [0.15, 0.2) is 54.7 Å². The molecule has 1 aliphatic rings. The molecule has 1 aromatic carbocycles. The molecule has 1 amide bonds. The third kappa shape index (κ3) is 6.52. The third-order valence-electron chi connectivity index (χ3n) is 6.83. The van der Waals surface area contributed by atoms with Crippen molar-refractivity contribution in [2.45, 2.75) is 26.3 Å². The second kappa shape index (κ2) is 11.2. The molecule has 1 aliphatic heterocycles. The van der Waals surface area contributed by atoms with Crippen molar-refractivity contribution in [1.82, 2.24) is 24.6 Å². The number of amides is 1. The van der Waals surface area contributed by atoms with Crippen LogP contribution in [0.25, 0.3) is 10.3 Å². The van der Waals surface area contributed by atoms with Gasteiger partial charge in [-0.05, 0) is 61.7 Å². The Morgan fingerprint density at radius 2 is 1.85 bits per heavy atom. The van der Waals surface area contributed by atoms with Crippen LogP contribution in [-0.2, 0) is 21.4 Å². The van der Waals surface area contributed by atoms with Crippen molar-refractivity contribution in [2.24, 2.45) is 5.92 Å². The average Bonchev–Trinajstić information content (AvgIpc) is 3.33. The van der Waals surface area contributed by atoms with Crippen molar-refractivity contribution in [3.8, 4) is 0 Å². The van der Waals surface area contributed by atoms with E-state index in [0.717, 1.165) is 27.4 Å². The number of aromatic nitrogens is 3. The molecular weight excluding hydrogens is 534 g/mol. The molecule has 39 heavy (non-hydrogen) atoms. The smallest absolute Gasteiger partial charge is 0.223 e. The maximum absolute atomic E-state index is 12.7. The molecule has 4 aromatic rings. The Hall–Kier alpha value is -3.61. The first-order valence-electron chi connectivity index (χ1n) is 12.7. The molecule has 4 heterocycles. The van der Waals surface area contributed by atoms with Crippen LogP contribution in [0.3, 0.4) is 0 Å². The monoisotopic (exact) mass is 565 g/mol. The van der Waals surface area contributed by atoms with Gasteiger partial charge in [0.15, 0.2) is 5.13 Å². The first-order chi connectivity index (χ1) is 18.7. The van der Waals surface area contributed by atoms with E-state index in [2.05, 4.69) is 51.8 Å². The van der Waals surface area contributed by atoms with Gasteiger partial charge in [0.2, 0.25) is 15.9 Å². The molecule has 0 atom stereocenters. The molecule has 2 N–H and O–H groups in total. The van der Waals surface area contributed by atoms with Crippen LogP contribution in [0, 0.1) is 12.8 Å². The van der Waals surface area contributed by atoms with Gasteiger partial charge >= 0.3 is 0 Å². The van der Waals surface area contributed by atoms with E-state index in [-0.39, 0.29) is 11.8 Å². The van der Waals surface area contributed by atoms with Crippen LogP contribution >= 0.6 is 11.3 Å². The first kappa shape index (κ1) is 27.0. The second-order valence-electron chi connectivity index (χ2n) is 9.74. The zero-order valence-corrected chi connectivity index (χ0v) is 23.7. The van der Waals surface area contributed by atoms with Gasteiger partial charge in [0.25, 0.3) is 0 Å². The van der Waals surface area contributed by atoms with Crippen molar-refractivity contribution in [3.05, 3.63) is 65.9 Å². The number of sulfonamides is 1. The minimum atomic E-state index is -3.21. The van der Waals surface area contributed by atoms with Crippen LogP contribution in [0.4, 0.5) is 22.5 Å². The van der Waals surface area contributed by atoms with Gasteiger partial charge in [0.05, 0.1) is 6.26 Å². The van der Waals surface area contributed by atoms with Crippen molar-refractivity contribution in [1.29, 1.82) is 0 Å².